The monoisotopic (exact) mass is 512 g/mol. The number of thiophene rings is 1. The van der Waals surface area contributed by atoms with Crippen molar-refractivity contribution in [3.05, 3.63) is 67.2 Å². The summed E-state index contributed by atoms with van der Waals surface area (Å²) in [5.74, 6) is -0.369. The van der Waals surface area contributed by atoms with Crippen molar-refractivity contribution in [2.75, 3.05) is 31.6 Å². The maximum Gasteiger partial charge on any atom is 0.331 e. The lowest BCUT2D eigenvalue weighted by molar-refractivity contribution is 0.0803. The highest BCUT2D eigenvalue weighted by Gasteiger charge is 2.27. The fraction of sp³-hybridized carbons (Fsp3) is 0.423. The average Bonchev–Trinajstić information content (AvgIpc) is 3.24. The standard InChI is InChI=1S/C26H32N4O5S/c1-15(2)13-30-25-22(24(34)29(4)26(30)35)21(23(33)27-12-17(32)14-31)20(36-25)11-16-9-10-28(3)19-8-6-5-7-18(16)19/h5-9,15,17,31-32H,10-14H2,1-4H3,(H,27,33)/t17-/m1/s1. The fourth-order valence-electron chi connectivity index (χ4n) is 4.50. The van der Waals surface area contributed by atoms with Crippen LogP contribution in [0.2, 0.25) is 0 Å². The van der Waals surface area contributed by atoms with Crippen LogP contribution in [0.5, 0.6) is 0 Å². The summed E-state index contributed by atoms with van der Waals surface area (Å²) in [5, 5.41) is 21.8. The van der Waals surface area contributed by atoms with E-state index in [1.54, 1.807) is 4.57 Å². The zero-order valence-corrected chi connectivity index (χ0v) is 21.8. The molecule has 192 valence electrons. The van der Waals surface area contributed by atoms with Crippen molar-refractivity contribution >= 4 is 38.7 Å². The summed E-state index contributed by atoms with van der Waals surface area (Å²) in [7, 11) is 3.44. The van der Waals surface area contributed by atoms with Crippen LogP contribution in [-0.2, 0) is 20.0 Å². The molecule has 3 heterocycles. The number of anilines is 1. The second kappa shape index (κ2) is 10.4. The molecule has 0 saturated carbocycles. The van der Waals surface area contributed by atoms with E-state index in [4.69, 9.17) is 5.11 Å². The Labute approximate surface area is 212 Å². The smallest absolute Gasteiger partial charge is 0.331 e. The van der Waals surface area contributed by atoms with Crippen molar-refractivity contribution in [3.8, 4) is 0 Å². The molecule has 3 aromatic rings. The van der Waals surface area contributed by atoms with Gasteiger partial charge in [-0.15, -0.1) is 11.3 Å². The fourth-order valence-corrected chi connectivity index (χ4v) is 5.82. The third kappa shape index (κ3) is 4.76. The number of amides is 1. The van der Waals surface area contributed by atoms with E-state index in [2.05, 4.69) is 16.3 Å². The summed E-state index contributed by atoms with van der Waals surface area (Å²) in [5.41, 5.74) is 2.45. The third-order valence-corrected chi connectivity index (χ3v) is 7.56. The maximum absolute atomic E-state index is 13.4. The number of hydrogen-bond donors (Lipinski definition) is 3. The molecule has 10 heteroatoms. The van der Waals surface area contributed by atoms with E-state index in [1.165, 1.54) is 18.4 Å². The van der Waals surface area contributed by atoms with Crippen molar-refractivity contribution in [1.82, 2.24) is 14.5 Å². The molecule has 1 aliphatic rings. The number of nitrogens with one attached hydrogen (secondary N) is 1. The van der Waals surface area contributed by atoms with Gasteiger partial charge in [0.2, 0.25) is 0 Å². The summed E-state index contributed by atoms with van der Waals surface area (Å²) in [6.07, 6.45) is 1.41. The van der Waals surface area contributed by atoms with Gasteiger partial charge < -0.3 is 20.4 Å². The number of fused-ring (bicyclic) bond motifs is 2. The maximum atomic E-state index is 13.4. The molecule has 0 fully saturated rings. The highest BCUT2D eigenvalue weighted by atomic mass is 32.1. The van der Waals surface area contributed by atoms with Crippen molar-refractivity contribution < 1.29 is 15.0 Å². The van der Waals surface area contributed by atoms with Crippen molar-refractivity contribution in [2.45, 2.75) is 32.9 Å². The second-order valence-electron chi connectivity index (χ2n) is 9.58. The van der Waals surface area contributed by atoms with E-state index in [0.29, 0.717) is 29.2 Å². The number of hydrogen-bond acceptors (Lipinski definition) is 7. The molecule has 36 heavy (non-hydrogen) atoms. The first-order valence-corrected chi connectivity index (χ1v) is 12.8. The minimum absolute atomic E-state index is 0.148. The Kier molecular flexibility index (Phi) is 7.49. The zero-order chi connectivity index (χ0) is 26.1. The van der Waals surface area contributed by atoms with Gasteiger partial charge in [-0.2, -0.15) is 0 Å². The Morgan fingerprint density at radius 1 is 1.19 bits per heavy atom. The molecule has 1 aliphatic heterocycles. The van der Waals surface area contributed by atoms with Crippen LogP contribution in [0, 0.1) is 5.92 Å². The highest BCUT2D eigenvalue weighted by molar-refractivity contribution is 7.19. The van der Waals surface area contributed by atoms with E-state index in [-0.39, 0.29) is 23.4 Å². The van der Waals surface area contributed by atoms with Gasteiger partial charge in [-0.3, -0.25) is 18.7 Å². The van der Waals surface area contributed by atoms with Crippen LogP contribution in [0.1, 0.15) is 34.6 Å². The van der Waals surface area contributed by atoms with Crippen LogP contribution in [0.15, 0.2) is 39.9 Å². The number of para-hydroxylation sites is 1. The molecule has 4 rings (SSSR count). The Balaban J connectivity index is 1.91. The van der Waals surface area contributed by atoms with Gasteiger partial charge in [0.15, 0.2) is 0 Å². The first-order valence-electron chi connectivity index (χ1n) is 12.0. The summed E-state index contributed by atoms with van der Waals surface area (Å²) >= 11 is 1.29. The molecule has 0 aliphatic carbocycles. The predicted octanol–water partition coefficient (Wildman–Crippen LogP) is 1.58. The number of allylic oxidation sites excluding steroid dienone is 1. The normalized spacial score (nSPS) is 14.2. The predicted molar refractivity (Wildman–Crippen MR) is 143 cm³/mol. The Morgan fingerprint density at radius 3 is 2.61 bits per heavy atom. The number of rotatable bonds is 8. The molecule has 2 aromatic heterocycles. The van der Waals surface area contributed by atoms with Gasteiger partial charge >= 0.3 is 5.69 Å². The second-order valence-corrected chi connectivity index (χ2v) is 10.7. The lowest BCUT2D eigenvalue weighted by atomic mass is 9.95. The van der Waals surface area contributed by atoms with Gasteiger partial charge in [0, 0.05) is 56.3 Å². The Morgan fingerprint density at radius 2 is 1.92 bits per heavy atom. The van der Waals surface area contributed by atoms with Crippen LogP contribution >= 0.6 is 11.3 Å². The summed E-state index contributed by atoms with van der Waals surface area (Å²) in [4.78, 5) is 43.1. The van der Waals surface area contributed by atoms with E-state index in [9.17, 15) is 19.5 Å². The lowest BCUT2D eigenvalue weighted by Crippen LogP contribution is -2.39. The summed E-state index contributed by atoms with van der Waals surface area (Å²) in [6, 6.07) is 8.04. The number of carbonyl (C=O) groups excluding carboxylic acids is 1. The molecule has 0 saturated heterocycles. The molecule has 0 bridgehead atoms. The van der Waals surface area contributed by atoms with Crippen molar-refractivity contribution in [3.63, 3.8) is 0 Å². The summed E-state index contributed by atoms with van der Waals surface area (Å²) < 4.78 is 2.62. The van der Waals surface area contributed by atoms with E-state index in [1.807, 2.05) is 45.2 Å². The van der Waals surface area contributed by atoms with Gasteiger partial charge in [0.05, 0.1) is 23.7 Å². The first kappa shape index (κ1) is 25.9. The zero-order valence-electron chi connectivity index (χ0n) is 20.9. The number of carbonyl (C=O) groups is 1. The van der Waals surface area contributed by atoms with Gasteiger partial charge in [-0.05, 0) is 17.6 Å². The van der Waals surface area contributed by atoms with Gasteiger partial charge in [0.1, 0.15) is 4.83 Å². The molecule has 1 aromatic carbocycles. The average molecular weight is 513 g/mol. The van der Waals surface area contributed by atoms with Crippen molar-refractivity contribution in [2.24, 2.45) is 13.0 Å². The SMILES string of the molecule is CC(C)Cn1c(=O)n(C)c(=O)c2c(C(=O)NC[C@@H](O)CO)c(CC3=CCN(C)c4ccccc43)sc21. The molecule has 0 spiro atoms. The molecule has 0 radical (unpaired) electrons. The summed E-state index contributed by atoms with van der Waals surface area (Å²) in [6.45, 7) is 4.44. The van der Waals surface area contributed by atoms with E-state index >= 15 is 0 Å². The van der Waals surface area contributed by atoms with Crippen molar-refractivity contribution in [1.29, 1.82) is 0 Å². The molecular weight excluding hydrogens is 480 g/mol. The number of likely N-dealkylation sites (N-methyl/N-ethyl adjacent to an activating group) is 1. The number of aliphatic hydroxyl groups excluding tert-OH is 2. The number of benzene rings is 1. The quantitative estimate of drug-likeness (QED) is 0.422. The van der Waals surface area contributed by atoms with Crippen LogP contribution in [0.25, 0.3) is 15.8 Å². The lowest BCUT2D eigenvalue weighted by Gasteiger charge is -2.27. The molecular formula is C26H32N4O5S. The number of nitrogens with zero attached hydrogens (tertiary/aromatic N) is 3. The molecule has 1 atom stereocenters. The Bertz CT molecular complexity index is 1450. The third-order valence-electron chi connectivity index (χ3n) is 6.35. The largest absolute Gasteiger partial charge is 0.394 e. The van der Waals surface area contributed by atoms with Crippen LogP contribution in [0.3, 0.4) is 0 Å². The van der Waals surface area contributed by atoms with E-state index in [0.717, 1.165) is 21.4 Å². The molecule has 9 nitrogen and oxygen atoms in total. The number of aromatic nitrogens is 2. The molecule has 1 amide bonds. The highest BCUT2D eigenvalue weighted by Crippen LogP contribution is 2.37. The van der Waals surface area contributed by atoms with Crippen LogP contribution in [0.4, 0.5) is 5.69 Å². The minimum Gasteiger partial charge on any atom is -0.394 e. The first-order chi connectivity index (χ1) is 17.1. The minimum atomic E-state index is -1.12. The Hall–Kier alpha value is -3.21. The van der Waals surface area contributed by atoms with Gasteiger partial charge in [0.25, 0.3) is 11.5 Å². The van der Waals surface area contributed by atoms with Crippen LogP contribution < -0.4 is 21.5 Å². The molecule has 3 N–H and O–H groups in total. The van der Waals surface area contributed by atoms with E-state index < -0.39 is 29.9 Å². The van der Waals surface area contributed by atoms with Gasteiger partial charge in [-0.1, -0.05) is 38.1 Å². The van der Waals surface area contributed by atoms with Gasteiger partial charge in [-0.25, -0.2) is 4.79 Å². The number of aliphatic hydroxyl groups is 2. The molecule has 0 unspecified atom stereocenters. The van der Waals surface area contributed by atoms with Crippen LogP contribution in [-0.4, -0.2) is 58.1 Å². The topological polar surface area (TPSA) is 117 Å².